The molecule has 1 unspecified atom stereocenters. The lowest BCUT2D eigenvalue weighted by molar-refractivity contribution is 0.274. The zero-order valence-corrected chi connectivity index (χ0v) is 25.8. The summed E-state index contributed by atoms with van der Waals surface area (Å²) in [5, 5.41) is 0. The van der Waals surface area contributed by atoms with Crippen LogP contribution >= 0.6 is 0 Å². The largest absolute Gasteiger partial charge is 0.491 e. The minimum atomic E-state index is -1.28. The highest BCUT2D eigenvalue weighted by Gasteiger charge is 2.28. The van der Waals surface area contributed by atoms with Gasteiger partial charge >= 0.3 is 0 Å². The van der Waals surface area contributed by atoms with E-state index in [0.717, 1.165) is 57.8 Å². The number of benzene rings is 3. The van der Waals surface area contributed by atoms with Crippen molar-refractivity contribution in [2.75, 3.05) is 13.2 Å². The molecule has 0 aromatic heterocycles. The van der Waals surface area contributed by atoms with E-state index >= 15 is 8.78 Å². The van der Waals surface area contributed by atoms with Gasteiger partial charge in [0.15, 0.2) is 34.8 Å². The summed E-state index contributed by atoms with van der Waals surface area (Å²) >= 11 is 0. The van der Waals surface area contributed by atoms with E-state index in [1.807, 2.05) is 13.0 Å². The molecule has 45 heavy (non-hydrogen) atoms. The van der Waals surface area contributed by atoms with E-state index in [1.54, 1.807) is 13.0 Å². The lowest BCUT2D eigenvalue weighted by atomic mass is 9.75. The Morgan fingerprint density at radius 3 is 1.84 bits per heavy atom. The Morgan fingerprint density at radius 1 is 0.600 bits per heavy atom. The third-order valence-corrected chi connectivity index (χ3v) is 9.39. The molecule has 3 aromatic rings. The van der Waals surface area contributed by atoms with Crippen LogP contribution in [-0.4, -0.2) is 13.2 Å². The van der Waals surface area contributed by atoms with Crippen molar-refractivity contribution in [3.8, 4) is 22.6 Å². The minimum absolute atomic E-state index is 0.00258. The smallest absolute Gasteiger partial charge is 0.201 e. The fraction of sp³-hybridized carbons (Fsp3) is 0.459. The molecule has 2 aliphatic rings. The summed E-state index contributed by atoms with van der Waals surface area (Å²) in [4.78, 5) is 0. The minimum Gasteiger partial charge on any atom is -0.491 e. The second kappa shape index (κ2) is 14.8. The molecular formula is C37H40F6O2. The average Bonchev–Trinajstić information content (AvgIpc) is 3.05. The van der Waals surface area contributed by atoms with Crippen molar-refractivity contribution in [3.63, 3.8) is 0 Å². The highest BCUT2D eigenvalue weighted by atomic mass is 19.2. The monoisotopic (exact) mass is 630 g/mol. The van der Waals surface area contributed by atoms with Gasteiger partial charge in [0.1, 0.15) is 0 Å². The van der Waals surface area contributed by atoms with E-state index in [2.05, 4.69) is 0 Å². The number of halogens is 6. The normalized spacial score (nSPS) is 20.2. The molecule has 0 heterocycles. The van der Waals surface area contributed by atoms with E-state index in [9.17, 15) is 17.6 Å². The molecule has 0 saturated heterocycles. The van der Waals surface area contributed by atoms with Crippen molar-refractivity contribution in [1.82, 2.24) is 0 Å². The lowest BCUT2D eigenvalue weighted by Crippen LogP contribution is -2.16. The maximum absolute atomic E-state index is 15.2. The van der Waals surface area contributed by atoms with Gasteiger partial charge in [0.25, 0.3) is 0 Å². The van der Waals surface area contributed by atoms with Gasteiger partial charge in [-0.1, -0.05) is 37.6 Å². The van der Waals surface area contributed by atoms with E-state index in [1.165, 1.54) is 30.3 Å². The molecule has 0 bridgehead atoms. The summed E-state index contributed by atoms with van der Waals surface area (Å²) in [6.07, 6.45) is 10.5. The molecule has 0 radical (unpaired) electrons. The highest BCUT2D eigenvalue weighted by Crippen LogP contribution is 2.42. The first-order valence-corrected chi connectivity index (χ1v) is 16.1. The number of rotatable bonds is 11. The van der Waals surface area contributed by atoms with Gasteiger partial charge in [0.05, 0.1) is 13.2 Å². The Kier molecular flexibility index (Phi) is 10.8. The first kappa shape index (κ1) is 33.0. The number of hydrogen-bond acceptors (Lipinski definition) is 2. The summed E-state index contributed by atoms with van der Waals surface area (Å²) < 4.78 is 99.0. The molecule has 5 rings (SSSR count). The van der Waals surface area contributed by atoms with Gasteiger partial charge in [0.2, 0.25) is 11.6 Å². The fourth-order valence-corrected chi connectivity index (χ4v) is 6.83. The summed E-state index contributed by atoms with van der Waals surface area (Å²) in [5.74, 6) is -5.84. The molecule has 2 nitrogen and oxygen atoms in total. The van der Waals surface area contributed by atoms with Gasteiger partial charge in [-0.15, -0.1) is 0 Å². The predicted octanol–water partition coefficient (Wildman–Crippen LogP) is 11.3. The molecule has 242 valence electrons. The molecule has 0 aliphatic heterocycles. The zero-order valence-electron chi connectivity index (χ0n) is 25.8. The molecule has 3 aromatic carbocycles. The Labute approximate surface area is 261 Å². The Morgan fingerprint density at radius 2 is 1.18 bits per heavy atom. The van der Waals surface area contributed by atoms with Gasteiger partial charge < -0.3 is 9.47 Å². The van der Waals surface area contributed by atoms with Crippen molar-refractivity contribution < 1.29 is 35.8 Å². The third-order valence-electron chi connectivity index (χ3n) is 9.39. The highest BCUT2D eigenvalue weighted by molar-refractivity contribution is 5.72. The molecule has 0 N–H and O–H groups in total. The van der Waals surface area contributed by atoms with Crippen LogP contribution in [0.25, 0.3) is 16.7 Å². The average molecular weight is 631 g/mol. The molecule has 1 atom stereocenters. The first-order chi connectivity index (χ1) is 21.7. The molecule has 1 fully saturated rings. The zero-order chi connectivity index (χ0) is 32.1. The van der Waals surface area contributed by atoms with Crippen molar-refractivity contribution in [2.24, 2.45) is 11.8 Å². The van der Waals surface area contributed by atoms with Gasteiger partial charge in [-0.3, -0.25) is 0 Å². The molecule has 0 amide bonds. The van der Waals surface area contributed by atoms with E-state index in [-0.39, 0.29) is 40.7 Å². The van der Waals surface area contributed by atoms with Crippen LogP contribution in [0.4, 0.5) is 26.3 Å². The van der Waals surface area contributed by atoms with E-state index in [4.69, 9.17) is 9.47 Å². The topological polar surface area (TPSA) is 18.5 Å². The molecule has 8 heteroatoms. The van der Waals surface area contributed by atoms with Crippen LogP contribution in [0.1, 0.15) is 95.1 Å². The van der Waals surface area contributed by atoms with Crippen LogP contribution in [0.15, 0.2) is 42.5 Å². The van der Waals surface area contributed by atoms with Gasteiger partial charge in [-0.05, 0) is 112 Å². The molecular weight excluding hydrogens is 590 g/mol. The maximum Gasteiger partial charge on any atom is 0.201 e. The molecule has 0 spiro atoms. The maximum atomic E-state index is 15.2. The quantitative estimate of drug-likeness (QED) is 0.196. The summed E-state index contributed by atoms with van der Waals surface area (Å²) in [5.41, 5.74) is 0.596. The van der Waals surface area contributed by atoms with Crippen LogP contribution in [-0.2, 0) is 0 Å². The summed E-state index contributed by atoms with van der Waals surface area (Å²) in [6.45, 7) is 4.03. The first-order valence-electron chi connectivity index (χ1n) is 16.1. The number of hydrogen-bond donors (Lipinski definition) is 0. The third kappa shape index (κ3) is 7.20. The SMILES string of the molecule is CCCOc1ccc(C2CCC(CCC3CC=C(c4ccc(-c5ccc(OCC)c(F)c5F)c(F)c4F)CC3)CC2)c(F)c1F. The molecule has 2 aliphatic carbocycles. The fourth-order valence-electron chi connectivity index (χ4n) is 6.83. The number of allylic oxidation sites excluding steroid dienone is 2. The van der Waals surface area contributed by atoms with Crippen LogP contribution in [0.5, 0.6) is 11.5 Å². The van der Waals surface area contributed by atoms with Crippen molar-refractivity contribution in [2.45, 2.75) is 84.0 Å². The second-order valence-corrected chi connectivity index (χ2v) is 12.3. The Bertz CT molecular complexity index is 1530. The second-order valence-electron chi connectivity index (χ2n) is 12.3. The number of ether oxygens (including phenoxy) is 2. The Balaban J connectivity index is 1.15. The predicted molar refractivity (Wildman–Crippen MR) is 164 cm³/mol. The van der Waals surface area contributed by atoms with Crippen LogP contribution < -0.4 is 9.47 Å². The van der Waals surface area contributed by atoms with Gasteiger partial charge in [-0.25, -0.2) is 17.6 Å². The van der Waals surface area contributed by atoms with Crippen LogP contribution in [0.3, 0.4) is 0 Å². The standard InChI is InChI=1S/C37H40F6O2/c1-3-21-45-31-19-17-27(33(39)37(31)43)25-13-9-23(10-14-25)6-5-22-7-11-24(12-8-22)26-15-16-28(34(40)32(26)38)29-18-20-30(44-4-2)36(42)35(29)41/h11,15-20,22-23,25H,3-10,12-14,21H2,1-2H3. The van der Waals surface area contributed by atoms with Crippen molar-refractivity contribution >= 4 is 5.57 Å². The van der Waals surface area contributed by atoms with Crippen molar-refractivity contribution in [1.29, 1.82) is 0 Å². The van der Waals surface area contributed by atoms with Gasteiger partial charge in [-0.2, -0.15) is 8.78 Å². The van der Waals surface area contributed by atoms with E-state index in [0.29, 0.717) is 36.0 Å². The summed E-state index contributed by atoms with van der Waals surface area (Å²) in [6, 6.07) is 8.34. The van der Waals surface area contributed by atoms with Crippen LogP contribution in [0, 0.1) is 46.7 Å². The summed E-state index contributed by atoms with van der Waals surface area (Å²) in [7, 11) is 0. The lowest BCUT2D eigenvalue weighted by Gasteiger charge is -2.31. The van der Waals surface area contributed by atoms with E-state index < -0.39 is 34.9 Å². The van der Waals surface area contributed by atoms with Gasteiger partial charge in [0, 0.05) is 16.7 Å². The Hall–Kier alpha value is -3.42. The van der Waals surface area contributed by atoms with Crippen LogP contribution in [0.2, 0.25) is 0 Å². The molecule has 1 saturated carbocycles. The van der Waals surface area contributed by atoms with Crippen molar-refractivity contribution in [3.05, 3.63) is 88.5 Å².